The third-order valence-corrected chi connectivity index (χ3v) is 5.75. The van der Waals surface area contributed by atoms with E-state index in [1.54, 1.807) is 12.1 Å². The third kappa shape index (κ3) is 4.36. The molecule has 0 radical (unpaired) electrons. The molecule has 4 rings (SSSR count). The molecule has 0 saturated heterocycles. The molecule has 9 heteroatoms. The molecule has 6 nitrogen and oxygen atoms in total. The summed E-state index contributed by atoms with van der Waals surface area (Å²) in [7, 11) is 0. The lowest BCUT2D eigenvalue weighted by atomic mass is 10.1. The van der Waals surface area contributed by atoms with Crippen molar-refractivity contribution in [1.29, 1.82) is 0 Å². The molecule has 29 heavy (non-hydrogen) atoms. The number of rotatable bonds is 4. The highest BCUT2D eigenvalue weighted by atomic mass is 79.9. The number of aromatic nitrogens is 1. The fraction of sp³-hybridized carbons (Fsp3) is 0.0500. The molecular weight excluding hydrogens is 570 g/mol. The predicted molar refractivity (Wildman–Crippen MR) is 122 cm³/mol. The average molecular weight is 582 g/mol. The number of fused-ring (bicyclic) bond motifs is 2. The van der Waals surface area contributed by atoms with Gasteiger partial charge in [0.1, 0.15) is 5.75 Å². The van der Waals surface area contributed by atoms with Gasteiger partial charge in [0.15, 0.2) is 12.3 Å². The van der Waals surface area contributed by atoms with Crippen molar-refractivity contribution in [2.75, 3.05) is 6.61 Å². The first kappa shape index (κ1) is 20.1. The van der Waals surface area contributed by atoms with Crippen LogP contribution in [0.2, 0.25) is 0 Å². The van der Waals surface area contributed by atoms with Gasteiger partial charge in [-0.1, -0.05) is 44.0 Å². The quantitative estimate of drug-likeness (QED) is 0.254. The van der Waals surface area contributed by atoms with E-state index in [2.05, 4.69) is 63.0 Å². The van der Waals surface area contributed by atoms with Crippen molar-refractivity contribution < 1.29 is 14.6 Å². The maximum atomic E-state index is 12.1. The van der Waals surface area contributed by atoms with Crippen molar-refractivity contribution in [1.82, 2.24) is 4.98 Å². The number of H-pyrrole nitrogens is 1. The van der Waals surface area contributed by atoms with Crippen LogP contribution in [0.3, 0.4) is 0 Å². The van der Waals surface area contributed by atoms with Gasteiger partial charge in [0.25, 0.3) is 0 Å². The fourth-order valence-corrected chi connectivity index (χ4v) is 4.56. The molecule has 3 aromatic carbocycles. The molecular formula is C20H12Br3N3O3. The van der Waals surface area contributed by atoms with Crippen LogP contribution in [0.4, 0.5) is 5.69 Å². The van der Waals surface area contributed by atoms with Gasteiger partial charge in [-0.15, -0.1) is 10.2 Å². The summed E-state index contributed by atoms with van der Waals surface area (Å²) in [6.45, 7) is -0.262. The SMILES string of the molecule is O=C(COc1ccc2cc(Br)ccc2c1)N=Nc1c(O)[nH]c2c(Br)cc(Br)cc12. The molecule has 4 aromatic rings. The summed E-state index contributed by atoms with van der Waals surface area (Å²) in [5.41, 5.74) is 0.845. The van der Waals surface area contributed by atoms with Crippen LogP contribution < -0.4 is 4.74 Å². The monoisotopic (exact) mass is 579 g/mol. The number of aromatic amines is 1. The molecule has 1 amide bonds. The molecule has 146 valence electrons. The van der Waals surface area contributed by atoms with E-state index in [-0.39, 0.29) is 18.2 Å². The van der Waals surface area contributed by atoms with Crippen LogP contribution in [0.5, 0.6) is 11.6 Å². The lowest BCUT2D eigenvalue weighted by Gasteiger charge is -2.05. The Balaban J connectivity index is 1.49. The van der Waals surface area contributed by atoms with Gasteiger partial charge in [-0.3, -0.25) is 4.79 Å². The summed E-state index contributed by atoms with van der Waals surface area (Å²) in [4.78, 5) is 14.9. The first-order valence-corrected chi connectivity index (χ1v) is 10.7. The van der Waals surface area contributed by atoms with Gasteiger partial charge in [-0.25, -0.2) is 0 Å². The number of hydrogen-bond donors (Lipinski definition) is 2. The Kier molecular flexibility index (Phi) is 5.71. The number of halogens is 3. The number of nitrogens with zero attached hydrogens (tertiary/aromatic N) is 2. The Morgan fingerprint density at radius 2 is 1.76 bits per heavy atom. The standard InChI is InChI=1S/C20H12Br3N3O3/c21-12-3-1-11-6-14(4-2-10(11)5-12)29-9-17(27)25-26-19-15-7-13(22)8-16(23)18(15)24-20(19)28/h1-8,24,28H,9H2. The Labute approximate surface area is 190 Å². The van der Waals surface area contributed by atoms with Crippen molar-refractivity contribution >= 4 is 81.1 Å². The zero-order valence-electron chi connectivity index (χ0n) is 14.6. The van der Waals surface area contributed by atoms with Gasteiger partial charge < -0.3 is 14.8 Å². The first-order valence-electron chi connectivity index (χ1n) is 8.37. The second-order valence-electron chi connectivity index (χ2n) is 6.17. The maximum absolute atomic E-state index is 12.1. The second kappa shape index (κ2) is 8.25. The number of benzene rings is 3. The highest BCUT2D eigenvalue weighted by Crippen LogP contribution is 2.40. The summed E-state index contributed by atoms with van der Waals surface area (Å²) >= 11 is 10.2. The molecule has 0 aliphatic carbocycles. The maximum Gasteiger partial charge on any atom is 0.302 e. The van der Waals surface area contributed by atoms with Gasteiger partial charge in [0.05, 0.1) is 5.52 Å². The van der Waals surface area contributed by atoms with Crippen molar-refractivity contribution in [3.63, 3.8) is 0 Å². The molecule has 0 atom stereocenters. The number of ether oxygens (including phenoxy) is 1. The van der Waals surface area contributed by atoms with Crippen LogP contribution in [0.1, 0.15) is 0 Å². The lowest BCUT2D eigenvalue weighted by molar-refractivity contribution is -0.120. The molecule has 0 saturated carbocycles. The van der Waals surface area contributed by atoms with Gasteiger partial charge in [-0.05, 0) is 63.1 Å². The summed E-state index contributed by atoms with van der Waals surface area (Å²) in [5.74, 6) is -0.174. The van der Waals surface area contributed by atoms with Crippen molar-refractivity contribution in [2.45, 2.75) is 0 Å². The zero-order chi connectivity index (χ0) is 20.5. The number of aromatic hydroxyl groups is 1. The summed E-state index contributed by atoms with van der Waals surface area (Å²) in [6.07, 6.45) is 0. The Morgan fingerprint density at radius 3 is 2.59 bits per heavy atom. The Bertz CT molecular complexity index is 1280. The molecule has 1 aromatic heterocycles. The lowest BCUT2D eigenvalue weighted by Crippen LogP contribution is -2.07. The smallest absolute Gasteiger partial charge is 0.302 e. The molecule has 0 unspecified atom stereocenters. The molecule has 0 spiro atoms. The van der Waals surface area contributed by atoms with Crippen LogP contribution in [-0.4, -0.2) is 22.6 Å². The highest BCUT2D eigenvalue weighted by Gasteiger charge is 2.14. The third-order valence-electron chi connectivity index (χ3n) is 4.18. The van der Waals surface area contributed by atoms with Crippen LogP contribution in [0.25, 0.3) is 21.7 Å². The predicted octanol–water partition coefficient (Wildman–Crippen LogP) is 7.00. The normalized spacial score (nSPS) is 11.6. The molecule has 1 heterocycles. The number of hydrogen-bond acceptors (Lipinski definition) is 4. The summed E-state index contributed by atoms with van der Waals surface area (Å²) in [6, 6.07) is 15.1. The first-order chi connectivity index (χ1) is 13.9. The number of nitrogens with one attached hydrogen (secondary N) is 1. The second-order valence-corrected chi connectivity index (χ2v) is 8.85. The number of azo groups is 1. The van der Waals surface area contributed by atoms with Gasteiger partial charge in [0, 0.05) is 18.8 Å². The van der Waals surface area contributed by atoms with Crippen LogP contribution in [0, 0.1) is 0 Å². The Morgan fingerprint density at radius 1 is 1.00 bits per heavy atom. The topological polar surface area (TPSA) is 87.0 Å². The Hall–Kier alpha value is -2.23. The molecule has 0 aliphatic heterocycles. The number of carbonyl (C=O) groups is 1. The molecule has 0 aliphatic rings. The van der Waals surface area contributed by atoms with Crippen molar-refractivity contribution in [3.8, 4) is 11.6 Å². The van der Waals surface area contributed by atoms with Crippen LogP contribution in [0.15, 0.2) is 72.2 Å². The van der Waals surface area contributed by atoms with Crippen LogP contribution >= 0.6 is 47.8 Å². The number of amides is 1. The minimum Gasteiger partial charge on any atom is -0.493 e. The van der Waals surface area contributed by atoms with E-state index >= 15 is 0 Å². The van der Waals surface area contributed by atoms with Crippen molar-refractivity contribution in [3.05, 3.63) is 61.9 Å². The van der Waals surface area contributed by atoms with E-state index in [4.69, 9.17) is 4.74 Å². The average Bonchev–Trinajstić information content (AvgIpc) is 3.00. The van der Waals surface area contributed by atoms with Crippen molar-refractivity contribution in [2.24, 2.45) is 10.2 Å². The fourth-order valence-electron chi connectivity index (χ4n) is 2.86. The molecule has 0 fully saturated rings. The van der Waals surface area contributed by atoms with E-state index in [0.717, 1.165) is 24.2 Å². The van der Waals surface area contributed by atoms with E-state index in [9.17, 15) is 9.90 Å². The van der Waals surface area contributed by atoms with E-state index in [0.29, 0.717) is 16.7 Å². The van der Waals surface area contributed by atoms with Crippen LogP contribution in [-0.2, 0) is 4.79 Å². The minimum atomic E-state index is -0.566. The summed E-state index contributed by atoms with van der Waals surface area (Å²) in [5, 5.41) is 20.4. The number of carbonyl (C=O) groups excluding carboxylic acids is 1. The molecule has 0 bridgehead atoms. The van der Waals surface area contributed by atoms with E-state index < -0.39 is 5.91 Å². The van der Waals surface area contributed by atoms with Gasteiger partial charge >= 0.3 is 5.91 Å². The molecule has 2 N–H and O–H groups in total. The largest absolute Gasteiger partial charge is 0.493 e. The highest BCUT2D eigenvalue weighted by molar-refractivity contribution is 9.11. The van der Waals surface area contributed by atoms with E-state index in [1.165, 1.54) is 0 Å². The van der Waals surface area contributed by atoms with Gasteiger partial charge in [-0.2, -0.15) is 0 Å². The van der Waals surface area contributed by atoms with Gasteiger partial charge in [0.2, 0.25) is 5.88 Å². The zero-order valence-corrected chi connectivity index (χ0v) is 19.4. The summed E-state index contributed by atoms with van der Waals surface area (Å²) < 4.78 is 8.07. The van der Waals surface area contributed by atoms with E-state index in [1.807, 2.05) is 36.4 Å². The minimum absolute atomic E-state index is 0.169.